The maximum atomic E-state index is 12.6. The summed E-state index contributed by atoms with van der Waals surface area (Å²) in [6.45, 7) is 1.22. The monoisotopic (exact) mass is 263 g/mol. The molecule has 4 nitrogen and oxygen atoms in total. The van der Waals surface area contributed by atoms with Gasteiger partial charge in [-0.25, -0.2) is 0 Å². The summed E-state index contributed by atoms with van der Waals surface area (Å²) in [5.74, 6) is 0.0270. The first-order valence-corrected chi connectivity index (χ1v) is 6.61. The molecule has 0 spiro atoms. The highest BCUT2D eigenvalue weighted by Crippen LogP contribution is 2.23. The number of hydrogen-bond donors (Lipinski definition) is 1. The van der Waals surface area contributed by atoms with E-state index in [2.05, 4.69) is 9.97 Å². The van der Waals surface area contributed by atoms with Crippen molar-refractivity contribution in [2.75, 3.05) is 0 Å². The Bertz CT molecular complexity index is 748. The molecule has 0 atom stereocenters. The van der Waals surface area contributed by atoms with E-state index in [1.807, 2.05) is 47.4 Å². The van der Waals surface area contributed by atoms with Gasteiger partial charge in [0.15, 0.2) is 0 Å². The van der Waals surface area contributed by atoms with E-state index in [0.717, 1.165) is 22.2 Å². The number of carbonyl (C=O) groups excluding carboxylic acids is 1. The molecule has 4 heteroatoms. The Hall–Kier alpha value is -2.62. The zero-order valence-corrected chi connectivity index (χ0v) is 10.8. The minimum Gasteiger partial charge on any atom is -0.351 e. The van der Waals surface area contributed by atoms with Crippen molar-refractivity contribution in [2.45, 2.75) is 13.1 Å². The maximum absolute atomic E-state index is 12.6. The number of fused-ring (bicyclic) bond motifs is 2. The second kappa shape index (κ2) is 4.20. The highest BCUT2D eigenvalue weighted by molar-refractivity contribution is 5.98. The highest BCUT2D eigenvalue weighted by atomic mass is 16.2. The van der Waals surface area contributed by atoms with Gasteiger partial charge in [0, 0.05) is 23.6 Å². The molecule has 1 aliphatic rings. The molecule has 0 saturated carbocycles. The molecule has 1 aliphatic heterocycles. The Kier molecular flexibility index (Phi) is 2.36. The van der Waals surface area contributed by atoms with Crippen LogP contribution in [-0.4, -0.2) is 20.8 Å². The first-order valence-electron chi connectivity index (χ1n) is 6.61. The van der Waals surface area contributed by atoms with Crippen LogP contribution in [0.2, 0.25) is 0 Å². The van der Waals surface area contributed by atoms with Crippen molar-refractivity contribution in [3.8, 4) is 0 Å². The number of benzene rings is 1. The van der Waals surface area contributed by atoms with Crippen LogP contribution < -0.4 is 0 Å². The Balaban J connectivity index is 1.65. The number of aromatic nitrogens is 2. The maximum Gasteiger partial charge on any atom is 0.270 e. The molecule has 0 unspecified atom stereocenters. The third-order valence-electron chi connectivity index (χ3n) is 3.73. The van der Waals surface area contributed by atoms with Gasteiger partial charge in [-0.05, 0) is 23.8 Å². The van der Waals surface area contributed by atoms with Gasteiger partial charge in [0.2, 0.25) is 0 Å². The van der Waals surface area contributed by atoms with E-state index in [9.17, 15) is 4.79 Å². The van der Waals surface area contributed by atoms with Crippen molar-refractivity contribution < 1.29 is 4.79 Å². The van der Waals surface area contributed by atoms with Crippen LogP contribution in [0, 0.1) is 0 Å². The van der Waals surface area contributed by atoms with Crippen molar-refractivity contribution in [3.05, 3.63) is 65.6 Å². The van der Waals surface area contributed by atoms with E-state index in [1.54, 1.807) is 6.20 Å². The van der Waals surface area contributed by atoms with E-state index in [4.69, 9.17) is 0 Å². The first-order chi connectivity index (χ1) is 9.81. The average Bonchev–Trinajstić information content (AvgIpc) is 3.10. The average molecular weight is 263 g/mol. The second-order valence-electron chi connectivity index (χ2n) is 5.04. The number of rotatable bonds is 1. The molecule has 0 bridgehead atoms. The lowest BCUT2D eigenvalue weighted by Crippen LogP contribution is -2.25. The van der Waals surface area contributed by atoms with Crippen LogP contribution in [-0.2, 0) is 13.1 Å². The molecule has 1 amide bonds. The van der Waals surface area contributed by atoms with Gasteiger partial charge < -0.3 is 9.88 Å². The van der Waals surface area contributed by atoms with Crippen molar-refractivity contribution >= 4 is 16.8 Å². The summed E-state index contributed by atoms with van der Waals surface area (Å²) < 4.78 is 0. The van der Waals surface area contributed by atoms with Crippen LogP contribution in [0.5, 0.6) is 0 Å². The molecule has 98 valence electrons. The summed E-state index contributed by atoms with van der Waals surface area (Å²) in [7, 11) is 0. The Labute approximate surface area is 116 Å². The standard InChI is InChI=1S/C16H13N3O/c20-16(14-8-11-4-1-2-6-13(11)18-14)19-9-12-5-3-7-17-15(12)10-19/h1-8,18H,9-10H2. The largest absolute Gasteiger partial charge is 0.351 e. The summed E-state index contributed by atoms with van der Waals surface area (Å²) in [5.41, 5.74) is 3.76. The fraction of sp³-hybridized carbons (Fsp3) is 0.125. The van der Waals surface area contributed by atoms with Crippen LogP contribution in [0.15, 0.2) is 48.7 Å². The summed E-state index contributed by atoms with van der Waals surface area (Å²) >= 11 is 0. The minimum atomic E-state index is 0.0270. The third-order valence-corrected chi connectivity index (χ3v) is 3.73. The number of carbonyl (C=O) groups is 1. The zero-order valence-electron chi connectivity index (χ0n) is 10.8. The Morgan fingerprint density at radius 1 is 1.15 bits per heavy atom. The zero-order chi connectivity index (χ0) is 13.5. The van der Waals surface area contributed by atoms with Gasteiger partial charge in [-0.15, -0.1) is 0 Å². The number of nitrogens with zero attached hydrogens (tertiary/aromatic N) is 2. The van der Waals surface area contributed by atoms with Crippen molar-refractivity contribution in [1.82, 2.24) is 14.9 Å². The fourth-order valence-electron chi connectivity index (χ4n) is 2.70. The number of nitrogens with one attached hydrogen (secondary N) is 1. The summed E-state index contributed by atoms with van der Waals surface area (Å²) in [5, 5.41) is 1.06. The molecule has 0 aliphatic carbocycles. The van der Waals surface area contributed by atoms with E-state index < -0.39 is 0 Å². The number of hydrogen-bond acceptors (Lipinski definition) is 2. The summed E-state index contributed by atoms with van der Waals surface area (Å²) in [6, 6.07) is 13.8. The minimum absolute atomic E-state index is 0.0270. The normalized spacial score (nSPS) is 13.7. The molecule has 2 aromatic heterocycles. The van der Waals surface area contributed by atoms with Gasteiger partial charge in [-0.1, -0.05) is 24.3 Å². The van der Waals surface area contributed by atoms with Crippen LogP contribution in [0.3, 0.4) is 0 Å². The molecule has 20 heavy (non-hydrogen) atoms. The van der Waals surface area contributed by atoms with Gasteiger partial charge in [-0.3, -0.25) is 9.78 Å². The first kappa shape index (κ1) is 11.2. The van der Waals surface area contributed by atoms with E-state index in [1.165, 1.54) is 0 Å². The molecule has 4 rings (SSSR count). The Morgan fingerprint density at radius 2 is 2.05 bits per heavy atom. The molecule has 3 aromatic rings. The lowest BCUT2D eigenvalue weighted by Gasteiger charge is -2.13. The molecule has 1 N–H and O–H groups in total. The number of amides is 1. The predicted molar refractivity (Wildman–Crippen MR) is 76.1 cm³/mol. The SMILES string of the molecule is O=C(c1cc2ccccc2[nH]1)N1Cc2cccnc2C1. The number of para-hydroxylation sites is 1. The lowest BCUT2D eigenvalue weighted by molar-refractivity contribution is 0.0745. The van der Waals surface area contributed by atoms with E-state index in [-0.39, 0.29) is 5.91 Å². The van der Waals surface area contributed by atoms with Gasteiger partial charge in [-0.2, -0.15) is 0 Å². The predicted octanol–water partition coefficient (Wildman–Crippen LogP) is 2.72. The van der Waals surface area contributed by atoms with Gasteiger partial charge in [0.05, 0.1) is 12.2 Å². The quantitative estimate of drug-likeness (QED) is 0.734. The number of H-pyrrole nitrogens is 1. The molecule has 0 saturated heterocycles. The van der Waals surface area contributed by atoms with E-state index >= 15 is 0 Å². The highest BCUT2D eigenvalue weighted by Gasteiger charge is 2.25. The molecule has 1 aromatic carbocycles. The van der Waals surface area contributed by atoms with E-state index in [0.29, 0.717) is 18.8 Å². The molecular weight excluding hydrogens is 250 g/mol. The third kappa shape index (κ3) is 1.69. The number of pyridine rings is 1. The fourth-order valence-corrected chi connectivity index (χ4v) is 2.70. The molecule has 0 fully saturated rings. The van der Waals surface area contributed by atoms with Gasteiger partial charge in [0.25, 0.3) is 5.91 Å². The van der Waals surface area contributed by atoms with Gasteiger partial charge in [0.1, 0.15) is 5.69 Å². The van der Waals surface area contributed by atoms with Crippen LogP contribution >= 0.6 is 0 Å². The molecular formula is C16H13N3O. The van der Waals surface area contributed by atoms with Crippen LogP contribution in [0.25, 0.3) is 10.9 Å². The topological polar surface area (TPSA) is 49.0 Å². The smallest absolute Gasteiger partial charge is 0.270 e. The van der Waals surface area contributed by atoms with Crippen molar-refractivity contribution in [2.24, 2.45) is 0 Å². The second-order valence-corrected chi connectivity index (χ2v) is 5.04. The van der Waals surface area contributed by atoms with Gasteiger partial charge >= 0.3 is 0 Å². The van der Waals surface area contributed by atoms with Crippen LogP contribution in [0.1, 0.15) is 21.7 Å². The molecule has 0 radical (unpaired) electrons. The number of aromatic amines is 1. The summed E-state index contributed by atoms with van der Waals surface area (Å²) in [6.07, 6.45) is 1.77. The van der Waals surface area contributed by atoms with Crippen molar-refractivity contribution in [3.63, 3.8) is 0 Å². The van der Waals surface area contributed by atoms with Crippen LogP contribution in [0.4, 0.5) is 0 Å². The molecule has 3 heterocycles. The summed E-state index contributed by atoms with van der Waals surface area (Å²) in [4.78, 5) is 21.9. The Morgan fingerprint density at radius 3 is 2.90 bits per heavy atom. The lowest BCUT2D eigenvalue weighted by atomic mass is 10.2. The van der Waals surface area contributed by atoms with Crippen molar-refractivity contribution in [1.29, 1.82) is 0 Å².